The van der Waals surface area contributed by atoms with Gasteiger partial charge in [0.1, 0.15) is 10.3 Å². The summed E-state index contributed by atoms with van der Waals surface area (Å²) < 4.78 is 4.74. The zero-order chi connectivity index (χ0) is 11.4. The van der Waals surface area contributed by atoms with Gasteiger partial charge in [-0.15, -0.1) is 0 Å². The van der Waals surface area contributed by atoms with E-state index in [4.69, 9.17) is 39.5 Å². The third kappa shape index (κ3) is 3.48. The second-order valence-corrected chi connectivity index (χ2v) is 3.59. The van der Waals surface area contributed by atoms with E-state index in [1.807, 2.05) is 0 Å². The Labute approximate surface area is 102 Å². The number of halogens is 3. The molecule has 0 radical (unpaired) electrons. The summed E-state index contributed by atoms with van der Waals surface area (Å²) in [4.78, 5) is 18.5. The van der Waals surface area contributed by atoms with E-state index < -0.39 is 5.97 Å². The summed E-state index contributed by atoms with van der Waals surface area (Å²) in [6.07, 6.45) is -0.0668. The third-order valence-electron chi connectivity index (χ3n) is 1.51. The highest BCUT2D eigenvalue weighted by atomic mass is 35.5. The lowest BCUT2D eigenvalue weighted by atomic mass is 10.2. The molecule has 1 aromatic heterocycles. The summed E-state index contributed by atoms with van der Waals surface area (Å²) in [6, 6.07) is 0. The molecule has 0 aliphatic carbocycles. The van der Waals surface area contributed by atoms with E-state index in [-0.39, 0.29) is 22.0 Å². The minimum atomic E-state index is -0.438. The van der Waals surface area contributed by atoms with E-state index in [9.17, 15) is 4.79 Å². The SMILES string of the molecule is CCOC(=O)Cc1c(Cl)nc(Cl)nc1Cl. The van der Waals surface area contributed by atoms with Crippen molar-refractivity contribution in [3.05, 3.63) is 21.2 Å². The Bertz CT molecular complexity index is 361. The molecule has 0 aliphatic heterocycles. The summed E-state index contributed by atoms with van der Waals surface area (Å²) in [5.41, 5.74) is 0.321. The standard InChI is InChI=1S/C8H7Cl3N2O2/c1-2-15-5(14)3-4-6(9)12-8(11)13-7(4)10/h2-3H2,1H3. The van der Waals surface area contributed by atoms with Crippen molar-refractivity contribution in [1.29, 1.82) is 0 Å². The summed E-state index contributed by atoms with van der Waals surface area (Å²) in [6.45, 7) is 2.00. The van der Waals surface area contributed by atoms with Crippen LogP contribution in [-0.2, 0) is 16.0 Å². The number of carbonyl (C=O) groups excluding carboxylic acids is 1. The smallest absolute Gasteiger partial charge is 0.310 e. The van der Waals surface area contributed by atoms with Gasteiger partial charge >= 0.3 is 5.97 Å². The molecule has 0 amide bonds. The van der Waals surface area contributed by atoms with E-state index in [1.54, 1.807) is 6.92 Å². The zero-order valence-corrected chi connectivity index (χ0v) is 10.0. The molecule has 15 heavy (non-hydrogen) atoms. The highest BCUT2D eigenvalue weighted by Crippen LogP contribution is 2.23. The van der Waals surface area contributed by atoms with Gasteiger partial charge in [-0.1, -0.05) is 23.2 Å². The van der Waals surface area contributed by atoms with Crippen LogP contribution in [0.5, 0.6) is 0 Å². The molecule has 0 fully saturated rings. The topological polar surface area (TPSA) is 52.1 Å². The molecule has 0 spiro atoms. The van der Waals surface area contributed by atoms with Gasteiger partial charge in [-0.05, 0) is 18.5 Å². The first-order valence-corrected chi connectivity index (χ1v) is 5.21. The molecular weight excluding hydrogens is 262 g/mol. The Morgan fingerprint density at radius 2 is 1.80 bits per heavy atom. The summed E-state index contributed by atoms with van der Waals surface area (Å²) in [5, 5.41) is 0.0683. The van der Waals surface area contributed by atoms with Crippen molar-refractivity contribution in [2.24, 2.45) is 0 Å². The van der Waals surface area contributed by atoms with Crippen molar-refractivity contribution in [3.63, 3.8) is 0 Å². The molecule has 82 valence electrons. The number of hydrogen-bond donors (Lipinski definition) is 0. The monoisotopic (exact) mass is 268 g/mol. The predicted molar refractivity (Wildman–Crippen MR) is 57.4 cm³/mol. The van der Waals surface area contributed by atoms with Crippen molar-refractivity contribution in [3.8, 4) is 0 Å². The fourth-order valence-corrected chi connectivity index (χ4v) is 1.69. The number of aromatic nitrogens is 2. The van der Waals surface area contributed by atoms with Gasteiger partial charge in [-0.3, -0.25) is 4.79 Å². The minimum Gasteiger partial charge on any atom is -0.466 e. The Morgan fingerprint density at radius 3 is 2.27 bits per heavy atom. The quantitative estimate of drug-likeness (QED) is 0.481. The fraction of sp³-hybridized carbons (Fsp3) is 0.375. The molecule has 0 bridgehead atoms. The van der Waals surface area contributed by atoms with Gasteiger partial charge in [0.25, 0.3) is 0 Å². The average Bonchev–Trinajstić information content (AvgIpc) is 2.11. The molecule has 0 saturated carbocycles. The average molecular weight is 270 g/mol. The molecule has 0 unspecified atom stereocenters. The Balaban J connectivity index is 2.90. The van der Waals surface area contributed by atoms with Gasteiger partial charge < -0.3 is 4.74 Å². The van der Waals surface area contributed by atoms with Crippen molar-refractivity contribution in [2.45, 2.75) is 13.3 Å². The number of nitrogens with zero attached hydrogens (tertiary/aromatic N) is 2. The van der Waals surface area contributed by atoms with Crippen LogP contribution >= 0.6 is 34.8 Å². The van der Waals surface area contributed by atoms with Gasteiger partial charge in [0.2, 0.25) is 5.28 Å². The van der Waals surface area contributed by atoms with E-state index in [0.29, 0.717) is 12.2 Å². The van der Waals surface area contributed by atoms with Gasteiger partial charge in [0.05, 0.1) is 13.0 Å². The van der Waals surface area contributed by atoms with Crippen molar-refractivity contribution < 1.29 is 9.53 Å². The number of ether oxygens (including phenoxy) is 1. The molecular formula is C8H7Cl3N2O2. The molecule has 0 saturated heterocycles. The molecule has 0 atom stereocenters. The fourth-order valence-electron chi connectivity index (χ4n) is 0.909. The van der Waals surface area contributed by atoms with Gasteiger partial charge in [-0.25, -0.2) is 9.97 Å². The predicted octanol–water partition coefficient (Wildman–Crippen LogP) is 2.54. The summed E-state index contributed by atoms with van der Waals surface area (Å²) in [5.74, 6) is -0.438. The van der Waals surface area contributed by atoms with Crippen LogP contribution < -0.4 is 0 Å². The molecule has 1 rings (SSSR count). The summed E-state index contributed by atoms with van der Waals surface area (Å²) >= 11 is 17.0. The molecule has 4 nitrogen and oxygen atoms in total. The number of esters is 1. The Hall–Kier alpha value is -0.580. The van der Waals surface area contributed by atoms with E-state index in [0.717, 1.165) is 0 Å². The number of rotatable bonds is 3. The number of carbonyl (C=O) groups is 1. The number of hydrogen-bond acceptors (Lipinski definition) is 4. The Morgan fingerprint density at radius 1 is 1.27 bits per heavy atom. The van der Waals surface area contributed by atoms with Crippen LogP contribution in [0.25, 0.3) is 0 Å². The minimum absolute atomic E-state index is 0.0578. The maximum Gasteiger partial charge on any atom is 0.310 e. The lowest BCUT2D eigenvalue weighted by Gasteiger charge is -2.05. The van der Waals surface area contributed by atoms with Crippen LogP contribution in [0.2, 0.25) is 15.6 Å². The Kier molecular flexibility index (Phi) is 4.57. The van der Waals surface area contributed by atoms with Crippen LogP contribution in [0.1, 0.15) is 12.5 Å². The van der Waals surface area contributed by atoms with Crippen LogP contribution in [-0.4, -0.2) is 22.5 Å². The lowest BCUT2D eigenvalue weighted by Crippen LogP contribution is -2.09. The maximum atomic E-state index is 11.2. The highest BCUT2D eigenvalue weighted by molar-refractivity contribution is 6.36. The first kappa shape index (κ1) is 12.5. The van der Waals surface area contributed by atoms with Crippen LogP contribution in [0, 0.1) is 0 Å². The van der Waals surface area contributed by atoms with Crippen molar-refractivity contribution >= 4 is 40.8 Å². The van der Waals surface area contributed by atoms with Crippen LogP contribution in [0.4, 0.5) is 0 Å². The van der Waals surface area contributed by atoms with Gasteiger partial charge in [0, 0.05) is 5.56 Å². The van der Waals surface area contributed by atoms with Gasteiger partial charge in [0.15, 0.2) is 0 Å². The summed E-state index contributed by atoms with van der Waals surface area (Å²) in [7, 11) is 0. The first-order valence-electron chi connectivity index (χ1n) is 4.07. The second kappa shape index (κ2) is 5.49. The molecule has 7 heteroatoms. The molecule has 0 N–H and O–H groups in total. The zero-order valence-electron chi connectivity index (χ0n) is 7.76. The largest absolute Gasteiger partial charge is 0.466 e. The molecule has 0 aromatic carbocycles. The highest BCUT2D eigenvalue weighted by Gasteiger charge is 2.15. The van der Waals surface area contributed by atoms with Crippen molar-refractivity contribution in [2.75, 3.05) is 6.61 Å². The molecule has 1 heterocycles. The molecule has 1 aromatic rings. The first-order chi connectivity index (χ1) is 7.04. The second-order valence-electron chi connectivity index (χ2n) is 2.53. The van der Waals surface area contributed by atoms with Crippen LogP contribution in [0.15, 0.2) is 0 Å². The normalized spacial score (nSPS) is 10.1. The third-order valence-corrected chi connectivity index (χ3v) is 2.30. The van der Waals surface area contributed by atoms with Crippen molar-refractivity contribution in [1.82, 2.24) is 9.97 Å². The maximum absolute atomic E-state index is 11.2. The lowest BCUT2D eigenvalue weighted by molar-refractivity contribution is -0.142. The molecule has 0 aliphatic rings. The van der Waals surface area contributed by atoms with Crippen LogP contribution in [0.3, 0.4) is 0 Å². The van der Waals surface area contributed by atoms with E-state index in [2.05, 4.69) is 9.97 Å². The van der Waals surface area contributed by atoms with Gasteiger partial charge in [-0.2, -0.15) is 0 Å². The van der Waals surface area contributed by atoms with E-state index >= 15 is 0 Å². The van der Waals surface area contributed by atoms with E-state index in [1.165, 1.54) is 0 Å².